The number of carbonyl (C=O) groups excluding carboxylic acids is 1. The molecule has 2 rings (SSSR count). The van der Waals surface area contributed by atoms with Gasteiger partial charge in [0, 0.05) is 5.39 Å². The summed E-state index contributed by atoms with van der Waals surface area (Å²) in [5.74, 6) is -0.385. The lowest BCUT2D eigenvalue weighted by Gasteiger charge is -2.20. The van der Waals surface area contributed by atoms with E-state index in [2.05, 4.69) is 4.74 Å². The van der Waals surface area contributed by atoms with Gasteiger partial charge in [0.05, 0.1) is 11.6 Å². The van der Waals surface area contributed by atoms with Gasteiger partial charge in [0.15, 0.2) is 6.04 Å². The molecule has 0 fully saturated rings. The number of carbonyl (C=O) groups is 1. The van der Waals surface area contributed by atoms with E-state index in [1.165, 1.54) is 0 Å². The van der Waals surface area contributed by atoms with Gasteiger partial charge in [-0.25, -0.2) is 4.79 Å². The topological polar surface area (TPSA) is 71.0 Å². The number of benzene rings is 2. The molecule has 0 spiro atoms. The predicted molar refractivity (Wildman–Crippen MR) is 108 cm³/mol. The van der Waals surface area contributed by atoms with Crippen molar-refractivity contribution in [3.63, 3.8) is 0 Å². The second kappa shape index (κ2) is 9.01. The predicted octanol–water partition coefficient (Wildman–Crippen LogP) is 5.34. The van der Waals surface area contributed by atoms with Crippen LogP contribution in [0.2, 0.25) is 5.02 Å². The highest BCUT2D eigenvalue weighted by molar-refractivity contribution is 7.34. The smallest absolute Gasteiger partial charge is 0.395 e. The molecular weight excluding hydrogens is 385 g/mol. The number of halogens is 1. The SMILES string of the molecule is CC(C)[C@H](N=[P+]([O-])Oc1c(Cl)ccc2ccccc12)C(=O)OCC(C)(C)C. The number of esters is 1. The molecular formula is C20H25ClNO4P. The van der Waals surface area contributed by atoms with Crippen LogP contribution in [0.3, 0.4) is 0 Å². The lowest BCUT2D eigenvalue weighted by Crippen LogP contribution is -2.30. The summed E-state index contributed by atoms with van der Waals surface area (Å²) in [5, 5.41) is 1.98. The zero-order valence-electron chi connectivity index (χ0n) is 16.2. The maximum absolute atomic E-state index is 12.5. The lowest BCUT2D eigenvalue weighted by atomic mass is 9.98. The van der Waals surface area contributed by atoms with Crippen LogP contribution in [0, 0.1) is 11.3 Å². The Morgan fingerprint density at radius 1 is 1.22 bits per heavy atom. The summed E-state index contributed by atoms with van der Waals surface area (Å²) in [4.78, 5) is 24.9. The number of fused-ring (bicyclic) bond motifs is 1. The van der Waals surface area contributed by atoms with Crippen LogP contribution in [0.4, 0.5) is 0 Å². The molecule has 146 valence electrons. The molecule has 0 bridgehead atoms. The first-order valence-electron chi connectivity index (χ1n) is 8.78. The molecule has 5 nitrogen and oxygen atoms in total. The zero-order valence-corrected chi connectivity index (χ0v) is 17.9. The van der Waals surface area contributed by atoms with E-state index >= 15 is 0 Å². The fraction of sp³-hybridized carbons (Fsp3) is 0.450. The van der Waals surface area contributed by atoms with Crippen LogP contribution in [-0.4, -0.2) is 18.6 Å². The Balaban J connectivity index is 2.24. The Kier molecular flexibility index (Phi) is 7.21. The minimum Gasteiger partial charge on any atom is -0.575 e. The third-order valence-corrected chi connectivity index (χ3v) is 4.81. The van der Waals surface area contributed by atoms with Crippen molar-refractivity contribution in [1.82, 2.24) is 0 Å². The molecule has 0 heterocycles. The van der Waals surface area contributed by atoms with Crippen molar-refractivity contribution in [3.05, 3.63) is 41.4 Å². The van der Waals surface area contributed by atoms with E-state index in [4.69, 9.17) is 20.9 Å². The van der Waals surface area contributed by atoms with Crippen LogP contribution in [0.15, 0.2) is 41.1 Å². The van der Waals surface area contributed by atoms with E-state index in [0.717, 1.165) is 10.8 Å². The van der Waals surface area contributed by atoms with Crippen LogP contribution in [0.1, 0.15) is 34.6 Å². The summed E-state index contributed by atoms with van der Waals surface area (Å²) >= 11 is 6.22. The summed E-state index contributed by atoms with van der Waals surface area (Å²) in [5.41, 5.74) is -0.160. The van der Waals surface area contributed by atoms with Gasteiger partial charge >= 0.3 is 14.1 Å². The molecule has 2 aromatic carbocycles. The van der Waals surface area contributed by atoms with E-state index in [-0.39, 0.29) is 17.9 Å². The molecule has 0 saturated carbocycles. The van der Waals surface area contributed by atoms with Gasteiger partial charge in [-0.15, -0.1) is 0 Å². The minimum absolute atomic E-state index is 0.160. The highest BCUT2D eigenvalue weighted by Crippen LogP contribution is 2.38. The van der Waals surface area contributed by atoms with Gasteiger partial charge < -0.3 is 9.63 Å². The van der Waals surface area contributed by atoms with Crippen molar-refractivity contribution < 1.29 is 18.9 Å². The maximum atomic E-state index is 12.5. The van der Waals surface area contributed by atoms with Gasteiger partial charge in [-0.05, 0) is 22.8 Å². The molecule has 0 aliphatic rings. The molecule has 0 amide bonds. The van der Waals surface area contributed by atoms with Gasteiger partial charge in [-0.3, -0.25) is 4.52 Å². The largest absolute Gasteiger partial charge is 0.575 e. The van der Waals surface area contributed by atoms with Gasteiger partial charge in [0.25, 0.3) is 0 Å². The molecule has 7 heteroatoms. The number of hydrogen-bond acceptors (Lipinski definition) is 5. The van der Waals surface area contributed by atoms with Crippen molar-refractivity contribution in [3.8, 4) is 5.75 Å². The Bertz CT molecular complexity index is 845. The van der Waals surface area contributed by atoms with E-state index in [1.807, 2.05) is 65.0 Å². The third kappa shape index (κ3) is 6.17. The third-order valence-electron chi connectivity index (χ3n) is 3.74. The second-order valence-corrected chi connectivity index (χ2v) is 9.20. The monoisotopic (exact) mass is 409 g/mol. The highest BCUT2D eigenvalue weighted by atomic mass is 35.5. The van der Waals surface area contributed by atoms with Crippen molar-refractivity contribution in [2.24, 2.45) is 16.1 Å². The first kappa shape index (κ1) is 21.6. The average Bonchev–Trinajstić information content (AvgIpc) is 2.59. The second-order valence-electron chi connectivity index (χ2n) is 7.90. The molecule has 0 aliphatic carbocycles. The molecule has 2 aromatic rings. The van der Waals surface area contributed by atoms with Gasteiger partial charge in [-0.2, -0.15) is 0 Å². The van der Waals surface area contributed by atoms with E-state index < -0.39 is 20.2 Å². The molecule has 0 saturated heterocycles. The molecule has 1 unspecified atom stereocenters. The van der Waals surface area contributed by atoms with Crippen LogP contribution in [0.5, 0.6) is 5.75 Å². The molecule has 0 N–H and O–H groups in total. The Morgan fingerprint density at radius 2 is 1.89 bits per heavy atom. The summed E-state index contributed by atoms with van der Waals surface area (Å²) in [6.07, 6.45) is 0. The van der Waals surface area contributed by atoms with Crippen LogP contribution in [-0.2, 0) is 9.53 Å². The average molecular weight is 410 g/mol. The Hall–Kier alpha value is -1.68. The maximum Gasteiger partial charge on any atom is 0.395 e. The minimum atomic E-state index is -2.50. The quantitative estimate of drug-likeness (QED) is 0.476. The number of hydrogen-bond donors (Lipinski definition) is 0. The highest BCUT2D eigenvalue weighted by Gasteiger charge is 2.29. The normalized spacial score (nSPS) is 13.7. The van der Waals surface area contributed by atoms with Crippen molar-refractivity contribution in [1.29, 1.82) is 0 Å². The summed E-state index contributed by atoms with van der Waals surface area (Å²) in [7, 11) is -2.50. The van der Waals surface area contributed by atoms with Gasteiger partial charge in [0.1, 0.15) is 0 Å². The summed E-state index contributed by atoms with van der Waals surface area (Å²) in [6.45, 7) is 9.80. The van der Waals surface area contributed by atoms with E-state index in [1.54, 1.807) is 6.07 Å². The number of rotatable bonds is 6. The standard InChI is InChI=1S/C20H25ClNO4P/c1-13(2)17(19(23)25-12-20(3,4)5)22-27(24)26-18-15-9-7-6-8-14(15)10-11-16(18)21/h6-11,13,17H,12H2,1-5H3/t17-/m0/s1. The van der Waals surface area contributed by atoms with Crippen molar-refractivity contribution in [2.45, 2.75) is 40.7 Å². The molecule has 0 radical (unpaired) electrons. The first-order valence-corrected chi connectivity index (χ1v) is 10.3. The van der Waals surface area contributed by atoms with Crippen molar-refractivity contribution >= 4 is 36.5 Å². The van der Waals surface area contributed by atoms with Gasteiger partial charge in [0.2, 0.25) is 5.75 Å². The van der Waals surface area contributed by atoms with Crippen LogP contribution >= 0.6 is 19.8 Å². The Morgan fingerprint density at radius 3 is 2.52 bits per heavy atom. The molecule has 2 atom stereocenters. The molecule has 0 aromatic heterocycles. The van der Waals surface area contributed by atoms with Crippen LogP contribution < -0.4 is 9.42 Å². The lowest BCUT2D eigenvalue weighted by molar-refractivity contribution is -0.170. The summed E-state index contributed by atoms with van der Waals surface area (Å²) in [6, 6.07) is 10.1. The van der Waals surface area contributed by atoms with Crippen LogP contribution in [0.25, 0.3) is 10.8 Å². The molecule has 27 heavy (non-hydrogen) atoms. The zero-order chi connectivity index (χ0) is 20.2. The fourth-order valence-corrected chi connectivity index (χ4v) is 3.56. The number of nitrogens with zero attached hydrogens (tertiary/aromatic N) is 1. The van der Waals surface area contributed by atoms with Gasteiger partial charge in [-0.1, -0.05) is 81.3 Å². The Labute approximate surface area is 166 Å². The molecule has 0 aliphatic heterocycles. The van der Waals surface area contributed by atoms with Crippen molar-refractivity contribution in [2.75, 3.05) is 6.61 Å². The first-order chi connectivity index (χ1) is 12.6. The van der Waals surface area contributed by atoms with E-state index in [9.17, 15) is 9.69 Å². The summed E-state index contributed by atoms with van der Waals surface area (Å²) < 4.78 is 14.9. The fourth-order valence-electron chi connectivity index (χ4n) is 2.34. The van der Waals surface area contributed by atoms with E-state index in [0.29, 0.717) is 10.8 Å². The number of ether oxygens (including phenoxy) is 1.